The predicted molar refractivity (Wildman–Crippen MR) is 73.0 cm³/mol. The Morgan fingerprint density at radius 3 is 2.37 bits per heavy atom. The number of carboxylic acid groups (broad SMARTS) is 1. The summed E-state index contributed by atoms with van der Waals surface area (Å²) < 4.78 is 0. The van der Waals surface area contributed by atoms with Crippen molar-refractivity contribution in [2.75, 3.05) is 11.9 Å². The second-order valence-electron chi connectivity index (χ2n) is 5.85. The molecule has 1 amide bonds. The number of anilines is 1. The first-order valence-corrected chi connectivity index (χ1v) is 6.34. The topological polar surface area (TPSA) is 57.6 Å². The minimum atomic E-state index is -0.888. The van der Waals surface area contributed by atoms with E-state index in [0.717, 1.165) is 11.3 Å². The molecule has 1 aliphatic carbocycles. The fourth-order valence-electron chi connectivity index (χ4n) is 2.73. The van der Waals surface area contributed by atoms with Gasteiger partial charge in [-0.15, -0.1) is 0 Å². The van der Waals surface area contributed by atoms with Crippen LogP contribution in [0.5, 0.6) is 0 Å². The summed E-state index contributed by atoms with van der Waals surface area (Å²) in [6.07, 6.45) is 0. The van der Waals surface area contributed by atoms with Gasteiger partial charge in [0.15, 0.2) is 0 Å². The number of benzene rings is 1. The normalized spacial score (nSPS) is 23.8. The van der Waals surface area contributed by atoms with Crippen molar-refractivity contribution < 1.29 is 14.7 Å². The van der Waals surface area contributed by atoms with Crippen LogP contribution in [-0.2, 0) is 9.59 Å². The number of carboxylic acids is 1. The van der Waals surface area contributed by atoms with Gasteiger partial charge in [0.1, 0.15) is 0 Å². The van der Waals surface area contributed by atoms with Crippen molar-refractivity contribution in [2.24, 2.45) is 17.3 Å². The largest absolute Gasteiger partial charge is 0.481 e. The lowest BCUT2D eigenvalue weighted by Gasteiger charge is -2.18. The summed E-state index contributed by atoms with van der Waals surface area (Å²) in [4.78, 5) is 25.1. The molecule has 102 valence electrons. The number of nitrogens with zero attached hydrogens (tertiary/aromatic N) is 1. The molecule has 0 radical (unpaired) electrons. The van der Waals surface area contributed by atoms with Crippen LogP contribution in [0.25, 0.3) is 0 Å². The smallest absolute Gasteiger partial charge is 0.307 e. The van der Waals surface area contributed by atoms with E-state index >= 15 is 0 Å². The van der Waals surface area contributed by atoms with Gasteiger partial charge in [-0.05, 0) is 30.0 Å². The lowest BCUT2D eigenvalue weighted by molar-refractivity contribution is -0.140. The Bertz CT molecular complexity index is 536. The third kappa shape index (κ3) is 2.23. The van der Waals surface area contributed by atoms with E-state index in [1.807, 2.05) is 45.0 Å². The van der Waals surface area contributed by atoms with Crippen molar-refractivity contribution in [3.63, 3.8) is 0 Å². The van der Waals surface area contributed by atoms with Crippen LogP contribution in [0, 0.1) is 24.2 Å². The zero-order valence-electron chi connectivity index (χ0n) is 11.7. The van der Waals surface area contributed by atoms with Gasteiger partial charge in [0, 0.05) is 12.7 Å². The van der Waals surface area contributed by atoms with Crippen molar-refractivity contribution in [3.05, 3.63) is 29.8 Å². The summed E-state index contributed by atoms with van der Waals surface area (Å²) in [5.41, 5.74) is 1.42. The Balaban J connectivity index is 2.20. The molecule has 4 nitrogen and oxygen atoms in total. The summed E-state index contributed by atoms with van der Waals surface area (Å²) in [5.74, 6) is -2.02. The average molecular weight is 261 g/mol. The highest BCUT2D eigenvalue weighted by molar-refractivity contribution is 6.01. The predicted octanol–water partition coefficient (Wildman–Crippen LogP) is 2.31. The molecule has 0 heterocycles. The van der Waals surface area contributed by atoms with Gasteiger partial charge < -0.3 is 10.0 Å². The van der Waals surface area contributed by atoms with Gasteiger partial charge in [-0.1, -0.05) is 26.0 Å². The van der Waals surface area contributed by atoms with Crippen LogP contribution >= 0.6 is 0 Å². The summed E-state index contributed by atoms with van der Waals surface area (Å²) >= 11 is 0. The summed E-state index contributed by atoms with van der Waals surface area (Å²) in [6.45, 7) is 5.62. The van der Waals surface area contributed by atoms with E-state index in [0.29, 0.717) is 0 Å². The number of rotatable bonds is 3. The second-order valence-corrected chi connectivity index (χ2v) is 5.85. The van der Waals surface area contributed by atoms with Crippen LogP contribution in [0.1, 0.15) is 19.4 Å². The van der Waals surface area contributed by atoms with E-state index < -0.39 is 23.2 Å². The molecule has 1 saturated carbocycles. The first-order valence-electron chi connectivity index (χ1n) is 6.34. The molecule has 1 aromatic rings. The van der Waals surface area contributed by atoms with Gasteiger partial charge in [0.25, 0.3) is 0 Å². The maximum atomic E-state index is 12.4. The molecule has 0 unspecified atom stereocenters. The lowest BCUT2D eigenvalue weighted by atomic mass is 10.1. The fraction of sp³-hybridized carbons (Fsp3) is 0.467. The van der Waals surface area contributed by atoms with Gasteiger partial charge in [-0.2, -0.15) is 0 Å². The van der Waals surface area contributed by atoms with Gasteiger partial charge in [0.05, 0.1) is 11.8 Å². The molecule has 19 heavy (non-hydrogen) atoms. The van der Waals surface area contributed by atoms with Crippen molar-refractivity contribution in [1.29, 1.82) is 0 Å². The third-order valence-electron chi connectivity index (χ3n) is 4.08. The first kappa shape index (κ1) is 13.6. The highest BCUT2D eigenvalue weighted by Gasteiger charge is 2.66. The van der Waals surface area contributed by atoms with Crippen molar-refractivity contribution in [3.8, 4) is 0 Å². The maximum Gasteiger partial charge on any atom is 0.307 e. The van der Waals surface area contributed by atoms with Crippen LogP contribution in [0.4, 0.5) is 5.69 Å². The van der Waals surface area contributed by atoms with Crippen LogP contribution < -0.4 is 4.90 Å². The lowest BCUT2D eigenvalue weighted by Crippen LogP contribution is -2.29. The molecule has 1 N–H and O–H groups in total. The van der Waals surface area contributed by atoms with Crippen LogP contribution in [-0.4, -0.2) is 24.0 Å². The summed E-state index contributed by atoms with van der Waals surface area (Å²) in [6, 6.07) is 7.63. The maximum absolute atomic E-state index is 12.4. The summed E-state index contributed by atoms with van der Waals surface area (Å²) in [5, 5.41) is 9.13. The Morgan fingerprint density at radius 1 is 1.26 bits per heavy atom. The van der Waals surface area contributed by atoms with Gasteiger partial charge in [-0.3, -0.25) is 9.59 Å². The van der Waals surface area contributed by atoms with Crippen molar-refractivity contribution in [2.45, 2.75) is 20.8 Å². The van der Waals surface area contributed by atoms with Crippen LogP contribution in [0.15, 0.2) is 24.3 Å². The number of aliphatic carboxylic acids is 1. The molecule has 0 spiro atoms. The van der Waals surface area contributed by atoms with Crippen molar-refractivity contribution in [1.82, 2.24) is 0 Å². The quantitative estimate of drug-likeness (QED) is 0.908. The highest BCUT2D eigenvalue weighted by atomic mass is 16.4. The summed E-state index contributed by atoms with van der Waals surface area (Å²) in [7, 11) is 1.70. The SMILES string of the molecule is Cc1cccc(N(C)C(=O)[C@@H]2[C@H](C(=O)O)C2(C)C)c1. The number of carbonyl (C=O) groups is 2. The molecule has 4 heteroatoms. The van der Waals surface area contributed by atoms with Crippen LogP contribution in [0.3, 0.4) is 0 Å². The zero-order chi connectivity index (χ0) is 14.4. The van der Waals surface area contributed by atoms with E-state index in [-0.39, 0.29) is 5.91 Å². The molecule has 0 bridgehead atoms. The fourth-order valence-corrected chi connectivity index (χ4v) is 2.73. The molecule has 1 fully saturated rings. The minimum absolute atomic E-state index is 0.122. The molecule has 1 aliphatic rings. The highest BCUT2D eigenvalue weighted by Crippen LogP contribution is 2.59. The van der Waals surface area contributed by atoms with E-state index in [1.54, 1.807) is 11.9 Å². The Kier molecular flexibility index (Phi) is 3.12. The first-order chi connectivity index (χ1) is 8.76. The number of amides is 1. The van der Waals surface area contributed by atoms with Crippen LogP contribution in [0.2, 0.25) is 0 Å². The number of hydrogen-bond donors (Lipinski definition) is 1. The number of carbonyl (C=O) groups excluding carboxylic acids is 1. The second kappa shape index (κ2) is 4.37. The molecule has 2 rings (SSSR count). The Hall–Kier alpha value is -1.84. The monoisotopic (exact) mass is 261 g/mol. The number of hydrogen-bond acceptors (Lipinski definition) is 2. The van der Waals surface area contributed by atoms with E-state index in [9.17, 15) is 9.59 Å². The molecule has 0 aromatic heterocycles. The van der Waals surface area contributed by atoms with E-state index in [2.05, 4.69) is 0 Å². The van der Waals surface area contributed by atoms with E-state index in [4.69, 9.17) is 5.11 Å². The zero-order valence-corrected chi connectivity index (χ0v) is 11.7. The molecule has 0 saturated heterocycles. The standard InChI is InChI=1S/C15H19NO3/c1-9-6-5-7-10(8-9)16(4)13(17)11-12(14(18)19)15(11,2)3/h5-8,11-12H,1-4H3,(H,18,19)/t11-,12+/m0/s1. The number of aryl methyl sites for hydroxylation is 1. The molecule has 2 atom stereocenters. The molecular formula is C15H19NO3. The Morgan fingerprint density at radius 2 is 1.89 bits per heavy atom. The van der Waals surface area contributed by atoms with Gasteiger partial charge in [-0.25, -0.2) is 0 Å². The van der Waals surface area contributed by atoms with Gasteiger partial charge >= 0.3 is 5.97 Å². The molecular weight excluding hydrogens is 242 g/mol. The van der Waals surface area contributed by atoms with E-state index in [1.165, 1.54) is 0 Å². The van der Waals surface area contributed by atoms with Crippen molar-refractivity contribution >= 4 is 17.6 Å². The average Bonchev–Trinajstić information content (AvgIpc) is 2.90. The van der Waals surface area contributed by atoms with Gasteiger partial charge in [0.2, 0.25) is 5.91 Å². The third-order valence-corrected chi connectivity index (χ3v) is 4.08. The minimum Gasteiger partial charge on any atom is -0.481 e. The Labute approximate surface area is 113 Å². The molecule has 1 aromatic carbocycles. The molecule has 0 aliphatic heterocycles.